The lowest BCUT2D eigenvalue weighted by Gasteiger charge is -2.09. The summed E-state index contributed by atoms with van der Waals surface area (Å²) in [7, 11) is 0. The van der Waals surface area contributed by atoms with E-state index in [1.807, 2.05) is 54.6 Å². The third-order valence-corrected chi connectivity index (χ3v) is 3.43. The van der Waals surface area contributed by atoms with Crippen LogP contribution in [0.15, 0.2) is 71.3 Å². The highest BCUT2D eigenvalue weighted by Crippen LogP contribution is 2.34. The van der Waals surface area contributed by atoms with Crippen LogP contribution in [-0.2, 0) is 4.74 Å². The van der Waals surface area contributed by atoms with Gasteiger partial charge in [0.25, 0.3) is 0 Å². The van der Waals surface area contributed by atoms with Gasteiger partial charge in [-0.25, -0.2) is 4.79 Å². The number of hydrogen-bond donors (Lipinski definition) is 0. The largest absolute Gasteiger partial charge is 0.460 e. The van der Waals surface area contributed by atoms with Crippen molar-refractivity contribution in [2.45, 2.75) is 6.92 Å². The molecule has 0 saturated heterocycles. The van der Waals surface area contributed by atoms with Crippen molar-refractivity contribution in [3.05, 3.63) is 72.7 Å². The summed E-state index contributed by atoms with van der Waals surface area (Å²) in [6, 6.07) is 19.8. The quantitative estimate of drug-likeness (QED) is 0.649. The van der Waals surface area contributed by atoms with Crippen LogP contribution in [-0.4, -0.2) is 12.6 Å². The average Bonchev–Trinajstić information content (AvgIpc) is 3.05. The minimum Gasteiger partial charge on any atom is -0.460 e. The molecule has 0 aliphatic carbocycles. The predicted octanol–water partition coefficient (Wildman–Crippen LogP) is 4.79. The zero-order valence-corrected chi connectivity index (χ0v) is 12.3. The molecule has 0 aliphatic rings. The van der Waals surface area contributed by atoms with E-state index in [9.17, 15) is 4.79 Å². The van der Waals surface area contributed by atoms with Crippen molar-refractivity contribution in [1.82, 2.24) is 0 Å². The molecule has 22 heavy (non-hydrogen) atoms. The van der Waals surface area contributed by atoms with Crippen molar-refractivity contribution >= 4 is 5.97 Å². The third-order valence-electron chi connectivity index (χ3n) is 3.43. The molecule has 110 valence electrons. The Bertz CT molecular complexity index is 772. The first-order valence-corrected chi connectivity index (χ1v) is 7.20. The van der Waals surface area contributed by atoms with E-state index in [4.69, 9.17) is 9.15 Å². The van der Waals surface area contributed by atoms with E-state index in [-0.39, 0.29) is 5.76 Å². The highest BCUT2D eigenvalue weighted by atomic mass is 16.5. The summed E-state index contributed by atoms with van der Waals surface area (Å²) in [4.78, 5) is 12.0. The van der Waals surface area contributed by atoms with Gasteiger partial charge in [0.1, 0.15) is 0 Å². The van der Waals surface area contributed by atoms with Crippen LogP contribution < -0.4 is 0 Å². The lowest BCUT2D eigenvalue weighted by Crippen LogP contribution is -2.04. The number of benzene rings is 2. The van der Waals surface area contributed by atoms with Crippen LogP contribution in [0.25, 0.3) is 22.3 Å². The Labute approximate surface area is 129 Å². The summed E-state index contributed by atoms with van der Waals surface area (Å²) in [6.45, 7) is 2.09. The molecule has 0 atom stereocenters. The van der Waals surface area contributed by atoms with Gasteiger partial charge >= 0.3 is 5.97 Å². The van der Waals surface area contributed by atoms with Crippen LogP contribution in [0.2, 0.25) is 0 Å². The summed E-state index contributed by atoms with van der Waals surface area (Å²) in [6.07, 6.45) is 1.52. The van der Waals surface area contributed by atoms with E-state index >= 15 is 0 Å². The molecule has 3 aromatic rings. The molecule has 0 saturated carbocycles. The van der Waals surface area contributed by atoms with Crippen LogP contribution in [0.3, 0.4) is 0 Å². The number of furan rings is 1. The van der Waals surface area contributed by atoms with Gasteiger partial charge in [0.2, 0.25) is 5.76 Å². The van der Waals surface area contributed by atoms with Crippen molar-refractivity contribution in [2.75, 3.05) is 6.61 Å². The van der Waals surface area contributed by atoms with Gasteiger partial charge in [0, 0.05) is 5.56 Å². The molecule has 3 nitrogen and oxygen atoms in total. The maximum atomic E-state index is 12.0. The van der Waals surface area contributed by atoms with Crippen LogP contribution in [0, 0.1) is 0 Å². The molecule has 0 N–H and O–H groups in total. The summed E-state index contributed by atoms with van der Waals surface area (Å²) in [5.74, 6) is -0.199. The van der Waals surface area contributed by atoms with Gasteiger partial charge in [-0.1, -0.05) is 54.6 Å². The number of esters is 1. The maximum absolute atomic E-state index is 12.0. The Morgan fingerprint density at radius 2 is 1.59 bits per heavy atom. The van der Waals surface area contributed by atoms with Crippen molar-refractivity contribution < 1.29 is 13.9 Å². The number of hydrogen-bond acceptors (Lipinski definition) is 3. The molecule has 0 aliphatic heterocycles. The van der Waals surface area contributed by atoms with Gasteiger partial charge in [0.05, 0.1) is 12.9 Å². The molecular formula is C19H16O3. The fourth-order valence-corrected chi connectivity index (χ4v) is 2.46. The summed E-state index contributed by atoms with van der Waals surface area (Å²) >= 11 is 0. The van der Waals surface area contributed by atoms with Gasteiger partial charge in [-0.2, -0.15) is 0 Å². The molecule has 1 aromatic heterocycles. The van der Waals surface area contributed by atoms with Crippen molar-refractivity contribution in [3.63, 3.8) is 0 Å². The third kappa shape index (κ3) is 2.66. The zero-order chi connectivity index (χ0) is 15.4. The van der Waals surface area contributed by atoms with E-state index in [0.717, 1.165) is 22.3 Å². The van der Waals surface area contributed by atoms with Crippen LogP contribution in [0.4, 0.5) is 0 Å². The fourth-order valence-electron chi connectivity index (χ4n) is 2.46. The second-order valence-corrected chi connectivity index (χ2v) is 4.80. The molecule has 0 bridgehead atoms. The Kier molecular flexibility index (Phi) is 4.05. The number of rotatable bonds is 4. The zero-order valence-electron chi connectivity index (χ0n) is 12.3. The monoisotopic (exact) mass is 292 g/mol. The van der Waals surface area contributed by atoms with Gasteiger partial charge < -0.3 is 9.15 Å². The van der Waals surface area contributed by atoms with Crippen LogP contribution in [0.5, 0.6) is 0 Å². The Balaban J connectivity index is 2.11. The molecule has 0 spiro atoms. The maximum Gasteiger partial charge on any atom is 0.374 e. The lowest BCUT2D eigenvalue weighted by atomic mass is 9.95. The molecule has 2 aromatic carbocycles. The second kappa shape index (κ2) is 6.31. The molecule has 0 fully saturated rings. The number of ether oxygens (including phenoxy) is 1. The molecule has 3 rings (SSSR count). The highest BCUT2D eigenvalue weighted by molar-refractivity contribution is 5.97. The first-order valence-electron chi connectivity index (χ1n) is 7.20. The first kappa shape index (κ1) is 14.1. The lowest BCUT2D eigenvalue weighted by molar-refractivity contribution is 0.0491. The van der Waals surface area contributed by atoms with Gasteiger partial charge in [-0.15, -0.1) is 0 Å². The highest BCUT2D eigenvalue weighted by Gasteiger charge is 2.19. The molecule has 1 heterocycles. The molecule has 0 unspecified atom stereocenters. The van der Waals surface area contributed by atoms with Gasteiger partial charge in [0.15, 0.2) is 0 Å². The Morgan fingerprint density at radius 3 is 2.32 bits per heavy atom. The van der Waals surface area contributed by atoms with E-state index in [0.29, 0.717) is 6.61 Å². The van der Waals surface area contributed by atoms with Gasteiger partial charge in [-0.3, -0.25) is 0 Å². The van der Waals surface area contributed by atoms with Crippen molar-refractivity contribution in [2.24, 2.45) is 0 Å². The minimum absolute atomic E-state index is 0.241. The number of carbonyl (C=O) groups excluding carboxylic acids is 1. The molecule has 3 heteroatoms. The fraction of sp³-hybridized carbons (Fsp3) is 0.105. The van der Waals surface area contributed by atoms with Crippen LogP contribution in [0.1, 0.15) is 17.5 Å². The van der Waals surface area contributed by atoms with E-state index in [2.05, 4.69) is 0 Å². The topological polar surface area (TPSA) is 39.4 Å². The summed E-state index contributed by atoms with van der Waals surface area (Å²) in [5.41, 5.74) is 3.84. The van der Waals surface area contributed by atoms with E-state index in [1.54, 1.807) is 13.0 Å². The van der Waals surface area contributed by atoms with Crippen LogP contribution >= 0.6 is 0 Å². The second-order valence-electron chi connectivity index (χ2n) is 4.80. The van der Waals surface area contributed by atoms with Crippen molar-refractivity contribution in [1.29, 1.82) is 0 Å². The smallest absolute Gasteiger partial charge is 0.374 e. The van der Waals surface area contributed by atoms with Gasteiger partial charge in [-0.05, 0) is 29.7 Å². The standard InChI is InChI=1S/C19H16O3/c1-2-21-19(20)18-17(12-13-22-18)16-11-7-6-10-15(16)14-8-4-3-5-9-14/h3-13H,2H2,1H3. The molecule has 0 radical (unpaired) electrons. The first-order chi connectivity index (χ1) is 10.8. The number of carbonyl (C=O) groups is 1. The van der Waals surface area contributed by atoms with Crippen molar-refractivity contribution in [3.8, 4) is 22.3 Å². The van der Waals surface area contributed by atoms with E-state index < -0.39 is 5.97 Å². The Hall–Kier alpha value is -2.81. The Morgan fingerprint density at radius 1 is 0.909 bits per heavy atom. The SMILES string of the molecule is CCOC(=O)c1occc1-c1ccccc1-c1ccccc1. The predicted molar refractivity (Wildman–Crippen MR) is 85.5 cm³/mol. The summed E-state index contributed by atoms with van der Waals surface area (Å²) in [5, 5.41) is 0. The average molecular weight is 292 g/mol. The minimum atomic E-state index is -0.439. The molecular weight excluding hydrogens is 276 g/mol. The molecule has 0 amide bonds. The van der Waals surface area contributed by atoms with E-state index in [1.165, 1.54) is 6.26 Å². The summed E-state index contributed by atoms with van der Waals surface area (Å²) < 4.78 is 10.4. The normalized spacial score (nSPS) is 10.4.